The van der Waals surface area contributed by atoms with Crippen molar-refractivity contribution >= 4 is 41.6 Å². The van der Waals surface area contributed by atoms with Gasteiger partial charge in [-0.3, -0.25) is 33.7 Å². The molecule has 138 valence electrons. The van der Waals surface area contributed by atoms with E-state index in [1.54, 1.807) is 0 Å². The van der Waals surface area contributed by atoms with Crippen LogP contribution in [0.5, 0.6) is 0 Å². The fraction of sp³-hybridized carbons (Fsp3) is 0. The minimum Gasteiger partial charge on any atom is -0.759 e. The van der Waals surface area contributed by atoms with Crippen molar-refractivity contribution in [1.82, 2.24) is 0 Å². The van der Waals surface area contributed by atoms with Crippen LogP contribution in [0.1, 0.15) is 0 Å². The second-order valence-electron chi connectivity index (χ2n) is 1.63. The zero-order chi connectivity index (χ0) is 18.0. The quantitative estimate of drug-likeness (QED) is 0.173. The summed E-state index contributed by atoms with van der Waals surface area (Å²) in [6.45, 7) is 0. The first-order valence-corrected chi connectivity index (χ1v) is 8.00. The van der Waals surface area contributed by atoms with E-state index in [9.17, 15) is 0 Å². The van der Waals surface area contributed by atoms with Crippen molar-refractivity contribution in [1.29, 1.82) is 0 Å². The molecule has 0 amide bonds. The minimum absolute atomic E-state index is 0. The number of hydrogen-bond acceptors (Lipinski definition) is 16. The van der Waals surface area contributed by atoms with Gasteiger partial charge in [0.05, 0.1) is 0 Å². The van der Waals surface area contributed by atoms with Gasteiger partial charge in [-0.05, 0) is 0 Å². The SMILES string of the molecule is O=S(=O)([O-])[O-].O=S(=O)([O-])[O-].O=S(=O)([O-])[O-].O=S(=O)([O-])[O-].[Fe+3].[V]. The molecule has 0 heterocycles. The monoisotopic (exact) mass is 491 g/mol. The minimum atomic E-state index is -5.17. The number of rotatable bonds is 0. The third-order valence-electron chi connectivity index (χ3n) is 0. The molecule has 0 saturated heterocycles. The van der Waals surface area contributed by atoms with Gasteiger partial charge in [-0.15, -0.1) is 0 Å². The molecule has 0 unspecified atom stereocenters. The van der Waals surface area contributed by atoms with E-state index in [0.717, 1.165) is 0 Å². The largest absolute Gasteiger partial charge is 3.00 e. The zero-order valence-corrected chi connectivity index (χ0v) is 14.7. The van der Waals surface area contributed by atoms with Crippen molar-refractivity contribution < 1.29 is 106 Å². The van der Waals surface area contributed by atoms with E-state index in [0.29, 0.717) is 0 Å². The van der Waals surface area contributed by atoms with E-state index in [4.69, 9.17) is 70.1 Å². The van der Waals surface area contributed by atoms with Crippen LogP contribution in [0, 0.1) is 0 Å². The van der Waals surface area contributed by atoms with E-state index in [1.807, 2.05) is 0 Å². The topological polar surface area (TPSA) is 321 Å². The van der Waals surface area contributed by atoms with Crippen molar-refractivity contribution in [2.45, 2.75) is 0 Å². The Morgan fingerprint density at radius 1 is 0.364 bits per heavy atom. The Balaban J connectivity index is -0.0000000376. The van der Waals surface area contributed by atoms with E-state index in [1.165, 1.54) is 0 Å². The summed E-state index contributed by atoms with van der Waals surface area (Å²) in [4.78, 5) is 0. The van der Waals surface area contributed by atoms with Gasteiger partial charge in [0.15, 0.2) is 0 Å². The van der Waals surface area contributed by atoms with Crippen LogP contribution >= 0.6 is 0 Å². The molecule has 0 atom stereocenters. The van der Waals surface area contributed by atoms with Gasteiger partial charge in [-0.1, -0.05) is 0 Å². The molecule has 0 aromatic rings. The van der Waals surface area contributed by atoms with E-state index in [2.05, 4.69) is 0 Å². The third kappa shape index (κ3) is 23200. The van der Waals surface area contributed by atoms with Crippen molar-refractivity contribution in [3.8, 4) is 0 Å². The summed E-state index contributed by atoms with van der Waals surface area (Å²) in [5, 5.41) is 0. The Kier molecular flexibility index (Phi) is 26.3. The van der Waals surface area contributed by atoms with Gasteiger partial charge in [0.25, 0.3) is 0 Å². The molecule has 22 heavy (non-hydrogen) atoms. The average Bonchev–Trinajstić information content (AvgIpc) is 1.62. The molecule has 0 aromatic carbocycles. The summed E-state index contributed by atoms with van der Waals surface area (Å²) < 4.78 is 136. The summed E-state index contributed by atoms with van der Waals surface area (Å²) in [5.74, 6) is 0. The molecule has 2 radical (unpaired) electrons. The molecule has 0 saturated carbocycles. The van der Waals surface area contributed by atoms with E-state index in [-0.39, 0.29) is 35.6 Å². The molecule has 0 N–H and O–H groups in total. The normalized spacial score (nSPS) is 10.5. The molecule has 0 aromatic heterocycles. The molecule has 16 nitrogen and oxygen atoms in total. The summed E-state index contributed by atoms with van der Waals surface area (Å²) in [7, 11) is -20.7. The smallest absolute Gasteiger partial charge is 0.759 e. The molecule has 0 aliphatic rings. The van der Waals surface area contributed by atoms with Crippen LogP contribution in [-0.4, -0.2) is 70.1 Å². The summed E-state index contributed by atoms with van der Waals surface area (Å²) in [5.41, 5.74) is 0. The predicted octanol–water partition coefficient (Wildman–Crippen LogP) is -5.36. The Morgan fingerprint density at radius 3 is 0.364 bits per heavy atom. The molecule has 0 rings (SSSR count). The second-order valence-corrected chi connectivity index (χ2v) is 4.90. The Labute approximate surface area is 147 Å². The molecule has 22 heteroatoms. The van der Waals surface area contributed by atoms with Crippen LogP contribution in [0.15, 0.2) is 0 Å². The maximum absolute atomic E-state index is 8.52. The van der Waals surface area contributed by atoms with E-state index < -0.39 is 41.6 Å². The summed E-state index contributed by atoms with van der Waals surface area (Å²) in [6.07, 6.45) is 0. The maximum Gasteiger partial charge on any atom is 3.00 e. The van der Waals surface area contributed by atoms with Crippen LogP contribution in [0.4, 0.5) is 0 Å². The van der Waals surface area contributed by atoms with Crippen LogP contribution < -0.4 is 0 Å². The second kappa shape index (κ2) is 15.1. The van der Waals surface area contributed by atoms with Gasteiger partial charge < -0.3 is 36.4 Å². The zero-order valence-electron chi connectivity index (χ0n) is 8.97. The predicted molar refractivity (Wildman–Crippen MR) is 41.9 cm³/mol. The van der Waals surface area contributed by atoms with Gasteiger partial charge in [0.1, 0.15) is 0 Å². The van der Waals surface area contributed by atoms with Crippen molar-refractivity contribution in [2.75, 3.05) is 0 Å². The maximum atomic E-state index is 8.52. The molecule has 0 fully saturated rings. The van der Waals surface area contributed by atoms with Crippen molar-refractivity contribution in [2.24, 2.45) is 0 Å². The first kappa shape index (κ1) is 38.3. The molecular weight excluding hydrogens is 491 g/mol. The average molecular weight is 491 g/mol. The van der Waals surface area contributed by atoms with Gasteiger partial charge in [0.2, 0.25) is 0 Å². The van der Waals surface area contributed by atoms with Gasteiger partial charge >= 0.3 is 17.1 Å². The van der Waals surface area contributed by atoms with Crippen molar-refractivity contribution in [3.63, 3.8) is 0 Å². The molecule has 0 aliphatic heterocycles. The van der Waals surface area contributed by atoms with E-state index >= 15 is 0 Å². The van der Waals surface area contributed by atoms with Crippen molar-refractivity contribution in [3.05, 3.63) is 0 Å². The Bertz CT molecular complexity index is 479. The summed E-state index contributed by atoms with van der Waals surface area (Å²) >= 11 is 0. The first-order chi connectivity index (χ1) is 8.00. The standard InChI is InChI=1S/Fe.4H2O4S.V/c;4*1-5(2,3)4;/h;4*(H2,1,2,3,4);/q+3;;;;;/p-8. The Morgan fingerprint density at radius 2 is 0.364 bits per heavy atom. The fourth-order valence-electron chi connectivity index (χ4n) is 0. The number of hydrogen-bond donors (Lipinski definition) is 0. The Hall–Kier alpha value is 0.584. The molecular formula is FeO16S4V-5. The third-order valence-corrected chi connectivity index (χ3v) is 0. The van der Waals surface area contributed by atoms with Crippen LogP contribution in [0.2, 0.25) is 0 Å². The van der Waals surface area contributed by atoms with Crippen LogP contribution in [-0.2, 0) is 77.2 Å². The van der Waals surface area contributed by atoms with Gasteiger partial charge in [0, 0.05) is 60.2 Å². The molecule has 0 aliphatic carbocycles. The fourth-order valence-corrected chi connectivity index (χ4v) is 0. The van der Waals surface area contributed by atoms with Crippen LogP contribution in [0.25, 0.3) is 0 Å². The van der Waals surface area contributed by atoms with Crippen LogP contribution in [0.3, 0.4) is 0 Å². The first-order valence-electron chi connectivity index (χ1n) is 2.67. The summed E-state index contributed by atoms with van der Waals surface area (Å²) in [6, 6.07) is 0. The molecule has 0 bridgehead atoms. The van der Waals surface area contributed by atoms with Gasteiger partial charge in [-0.25, -0.2) is 0 Å². The van der Waals surface area contributed by atoms with Gasteiger partial charge in [-0.2, -0.15) is 0 Å². The molecule has 0 spiro atoms.